The topological polar surface area (TPSA) is 241 Å². The molecule has 18 heteroatoms. The lowest BCUT2D eigenvalue weighted by Crippen LogP contribution is -2.68. The molecule has 2 aromatic heterocycles. The first-order valence-electron chi connectivity index (χ1n) is 15.2. The molecule has 0 radical (unpaired) electrons. The number of anilines is 1. The number of oxime groups is 1. The van der Waals surface area contributed by atoms with Gasteiger partial charge in [-0.05, 0) is 56.9 Å². The van der Waals surface area contributed by atoms with Gasteiger partial charge in [-0.2, -0.15) is 9.35 Å². The van der Waals surface area contributed by atoms with Crippen molar-refractivity contribution in [2.45, 2.75) is 63.1 Å². The Morgan fingerprint density at radius 3 is 2.43 bits per heavy atom. The van der Waals surface area contributed by atoms with Gasteiger partial charge in [0.1, 0.15) is 25.1 Å². The zero-order valence-corrected chi connectivity index (χ0v) is 28.5. The highest BCUT2D eigenvalue weighted by Gasteiger charge is 2.57. The van der Waals surface area contributed by atoms with E-state index in [1.807, 2.05) is 31.4 Å². The largest absolute Gasteiger partial charge is 0.724 e. The summed E-state index contributed by atoms with van der Waals surface area (Å²) in [6, 6.07) is 11.2. The zero-order chi connectivity index (χ0) is 35.7. The van der Waals surface area contributed by atoms with Crippen molar-refractivity contribution in [1.82, 2.24) is 10.0 Å². The number of hydrogen-bond acceptors (Lipinski definition) is 14. The van der Waals surface area contributed by atoms with E-state index in [-0.39, 0.29) is 16.4 Å². The van der Waals surface area contributed by atoms with E-state index < -0.39 is 64.4 Å². The number of aliphatic carboxylic acids is 1. The van der Waals surface area contributed by atoms with Crippen LogP contribution in [0.25, 0.3) is 11.1 Å². The molecule has 0 spiro atoms. The summed E-state index contributed by atoms with van der Waals surface area (Å²) in [6.45, 7) is 2.33. The summed E-state index contributed by atoms with van der Waals surface area (Å²) in [5.74, 6) is -3.87. The fourth-order valence-electron chi connectivity index (χ4n) is 5.32. The van der Waals surface area contributed by atoms with Crippen LogP contribution in [0.15, 0.2) is 53.1 Å². The number of carbonyl (C=O) groups excluding carboxylic acids is 2. The maximum atomic E-state index is 13.3. The van der Waals surface area contributed by atoms with Crippen molar-refractivity contribution < 1.29 is 50.9 Å². The van der Waals surface area contributed by atoms with Crippen molar-refractivity contribution in [2.75, 3.05) is 12.3 Å². The van der Waals surface area contributed by atoms with E-state index in [2.05, 4.69) is 25.1 Å². The van der Waals surface area contributed by atoms with Crippen LogP contribution in [0.5, 0.6) is 5.75 Å². The number of benzene rings is 1. The number of ether oxygens (including phenoxy) is 1. The molecule has 2 aliphatic rings. The Morgan fingerprint density at radius 1 is 1.20 bits per heavy atom. The van der Waals surface area contributed by atoms with Crippen LogP contribution in [0.2, 0.25) is 0 Å². The third kappa shape index (κ3) is 8.57. The lowest BCUT2D eigenvalue weighted by molar-refractivity contribution is -0.678. The molecule has 1 aliphatic heterocycles. The minimum Gasteiger partial charge on any atom is -0.724 e. The standard InChI is InChI=1S/C31H36N6O10S2/c1-30(2)22(27(39)37(30)47-49(42,43)44)14-24(38)26(23-17-48-29(32)34-23)35-46-25(28(40)41)16-45-21-8-5-18(6-9-21)19-4-7-20(36(3)15-19)10-11-31(33)12-13-31/h4-9,15,17,22,25H,10-14,16,33H2,1-3H3,(H3-,32,34,40,41,42,43,44)/b35-26-/t22-,25+/m1/s1. The fraction of sp³-hybridized carbons (Fsp3) is 0.419. The maximum absolute atomic E-state index is 13.3. The Balaban J connectivity index is 1.23. The van der Waals surface area contributed by atoms with Gasteiger partial charge in [-0.3, -0.25) is 9.59 Å². The number of Topliss-reactive ketones (excluding diaryl/α,β-unsaturated/α-hetero) is 1. The maximum Gasteiger partial charge on any atom is 0.351 e. The number of hydroxylamine groups is 2. The number of thiazole rings is 1. The summed E-state index contributed by atoms with van der Waals surface area (Å²) >= 11 is 0.984. The van der Waals surface area contributed by atoms with Gasteiger partial charge in [-0.25, -0.2) is 22.8 Å². The third-order valence-corrected chi connectivity index (χ3v) is 9.61. The molecule has 262 valence electrons. The summed E-state index contributed by atoms with van der Waals surface area (Å²) in [5, 5.41) is 15.4. The number of nitrogens with two attached hydrogens (primary N) is 2. The van der Waals surface area contributed by atoms with Crippen LogP contribution in [0.1, 0.15) is 50.9 Å². The predicted molar refractivity (Wildman–Crippen MR) is 173 cm³/mol. The normalized spacial score (nSPS) is 18.8. The molecule has 2 fully saturated rings. The number of nitrogen functional groups attached to an aromatic ring is 1. The predicted octanol–water partition coefficient (Wildman–Crippen LogP) is 1.48. The number of aromatic nitrogens is 2. The van der Waals surface area contributed by atoms with Gasteiger partial charge in [-0.1, -0.05) is 17.3 Å². The zero-order valence-electron chi connectivity index (χ0n) is 26.9. The summed E-state index contributed by atoms with van der Waals surface area (Å²) in [7, 11) is -3.25. The first kappa shape index (κ1) is 35.8. The number of carboxylic acids is 1. The van der Waals surface area contributed by atoms with E-state index in [0.717, 1.165) is 48.1 Å². The first-order chi connectivity index (χ1) is 23.0. The van der Waals surface area contributed by atoms with E-state index in [4.69, 9.17) is 21.0 Å². The molecular formula is C31H36N6O10S2. The molecule has 1 saturated carbocycles. The van der Waals surface area contributed by atoms with Crippen LogP contribution in [0, 0.1) is 5.92 Å². The average molecular weight is 717 g/mol. The van der Waals surface area contributed by atoms with E-state index in [9.17, 15) is 32.5 Å². The monoisotopic (exact) mass is 716 g/mol. The molecule has 3 heterocycles. The number of carbonyl (C=O) groups is 3. The molecule has 5 N–H and O–H groups in total. The van der Waals surface area contributed by atoms with E-state index in [1.165, 1.54) is 24.9 Å². The Morgan fingerprint density at radius 2 is 1.88 bits per heavy atom. The number of nitrogens with zero attached hydrogens (tertiary/aromatic N) is 4. The molecule has 16 nitrogen and oxygen atoms in total. The Kier molecular flexibility index (Phi) is 10.1. The van der Waals surface area contributed by atoms with Crippen molar-refractivity contribution in [1.29, 1.82) is 0 Å². The smallest absolute Gasteiger partial charge is 0.351 e. The molecule has 0 unspecified atom stereocenters. The molecule has 0 bridgehead atoms. The molecule has 1 saturated heterocycles. The summed E-state index contributed by atoms with van der Waals surface area (Å²) in [4.78, 5) is 47.2. The average Bonchev–Trinajstić information content (AvgIpc) is 3.62. The Labute approximate surface area is 286 Å². The minimum atomic E-state index is -5.24. The van der Waals surface area contributed by atoms with Crippen molar-refractivity contribution in [2.24, 2.45) is 23.9 Å². The quantitative estimate of drug-likeness (QED) is 0.0476. The Bertz CT molecular complexity index is 1890. The second-order valence-corrected chi connectivity index (χ2v) is 14.5. The van der Waals surface area contributed by atoms with Gasteiger partial charge in [0.25, 0.3) is 12.0 Å². The van der Waals surface area contributed by atoms with Gasteiger partial charge in [0.2, 0.25) is 10.4 Å². The number of ketones is 1. The van der Waals surface area contributed by atoms with Gasteiger partial charge >= 0.3 is 5.97 Å². The third-order valence-electron chi connectivity index (χ3n) is 8.61. The van der Waals surface area contributed by atoms with Crippen LogP contribution in [-0.4, -0.2) is 75.3 Å². The van der Waals surface area contributed by atoms with Gasteiger partial charge in [-0.15, -0.1) is 11.3 Å². The van der Waals surface area contributed by atoms with Gasteiger partial charge in [0.05, 0.1) is 11.5 Å². The molecule has 5 rings (SSSR count). The summed E-state index contributed by atoms with van der Waals surface area (Å²) in [6.07, 6.45) is 3.85. The van der Waals surface area contributed by atoms with Crippen molar-refractivity contribution in [3.05, 3.63) is 59.4 Å². The number of pyridine rings is 1. The lowest BCUT2D eigenvalue weighted by Gasteiger charge is -2.51. The van der Waals surface area contributed by atoms with Crippen molar-refractivity contribution in [3.63, 3.8) is 0 Å². The molecule has 3 aromatic rings. The van der Waals surface area contributed by atoms with Crippen LogP contribution < -0.4 is 20.8 Å². The van der Waals surface area contributed by atoms with Gasteiger partial charge in [0.15, 0.2) is 28.5 Å². The van der Waals surface area contributed by atoms with E-state index >= 15 is 0 Å². The molecule has 1 amide bonds. The SMILES string of the molecule is C[n+]1cc(-c2ccc(OC[C@H](O/N=C(\C(=O)C[C@@H]3C(=O)N(OS(=O)(=O)[O-])C3(C)C)c3csc(N)n3)C(=O)O)cc2)ccc1CCC1(N)CC1. The number of aryl methyl sites for hydroxylation is 2. The fourth-order valence-corrected chi connectivity index (χ4v) is 6.31. The second kappa shape index (κ2) is 13.8. The second-order valence-electron chi connectivity index (χ2n) is 12.6. The number of rotatable bonds is 16. The van der Waals surface area contributed by atoms with E-state index in [1.54, 1.807) is 12.1 Å². The number of amides is 1. The van der Waals surface area contributed by atoms with Crippen LogP contribution in [0.3, 0.4) is 0 Å². The molecule has 49 heavy (non-hydrogen) atoms. The molecule has 1 aromatic carbocycles. The molecule has 1 aliphatic carbocycles. The van der Waals surface area contributed by atoms with Crippen molar-refractivity contribution in [3.8, 4) is 16.9 Å². The highest BCUT2D eigenvalue weighted by molar-refractivity contribution is 7.80. The minimum absolute atomic E-state index is 0.0158. The van der Waals surface area contributed by atoms with Crippen LogP contribution in [0.4, 0.5) is 5.13 Å². The number of carboxylic acid groups (broad SMARTS) is 1. The molecular weight excluding hydrogens is 681 g/mol. The van der Waals surface area contributed by atoms with Gasteiger partial charge < -0.3 is 30.7 Å². The van der Waals surface area contributed by atoms with E-state index in [0.29, 0.717) is 10.8 Å². The first-order valence-corrected chi connectivity index (χ1v) is 17.4. The molecule has 2 atom stereocenters. The van der Waals surface area contributed by atoms with Gasteiger partial charge in [0, 0.05) is 35.4 Å². The highest BCUT2D eigenvalue weighted by atomic mass is 32.3. The summed E-state index contributed by atoms with van der Waals surface area (Å²) in [5.41, 5.74) is 13.2. The van der Waals surface area contributed by atoms with Crippen LogP contribution in [-0.2, 0) is 47.4 Å². The Hall–Kier alpha value is -4.49. The number of β-lactam (4-membered cyclic amide) rings is 1. The lowest BCUT2D eigenvalue weighted by atomic mass is 9.74. The number of hydrogen-bond donors (Lipinski definition) is 3. The van der Waals surface area contributed by atoms with Crippen LogP contribution >= 0.6 is 11.3 Å². The van der Waals surface area contributed by atoms with Crippen molar-refractivity contribution >= 4 is 50.2 Å². The highest BCUT2D eigenvalue weighted by Crippen LogP contribution is 2.41. The summed E-state index contributed by atoms with van der Waals surface area (Å²) < 4.78 is 45.0.